The lowest BCUT2D eigenvalue weighted by Gasteiger charge is -2.20. The molecule has 0 aliphatic rings. The van der Waals surface area contributed by atoms with Crippen molar-refractivity contribution in [1.82, 2.24) is 0 Å². The summed E-state index contributed by atoms with van der Waals surface area (Å²) in [5.74, 6) is -0.911. The second-order valence-electron chi connectivity index (χ2n) is 14.4. The lowest BCUT2D eigenvalue weighted by atomic mass is 10.0. The average molecular weight is 751 g/mol. The van der Waals surface area contributed by atoms with Crippen LogP contribution in [0.3, 0.4) is 0 Å². The van der Waals surface area contributed by atoms with Gasteiger partial charge in [-0.1, -0.05) is 181 Å². The van der Waals surface area contributed by atoms with Gasteiger partial charge in [-0.3, -0.25) is 18.6 Å². The van der Waals surface area contributed by atoms with E-state index in [-0.39, 0.29) is 19.4 Å². The topological polar surface area (TPSA) is 149 Å². The molecule has 304 valence electrons. The predicted octanol–water partition coefficient (Wildman–Crippen LogP) is 10.7. The number of unbranched alkanes of at least 4 members (excludes halogenated alkanes) is 26. The number of hydrogen-bond acceptors (Lipinski definition) is 9. The third-order valence-corrected chi connectivity index (χ3v) is 10.2. The van der Waals surface area contributed by atoms with E-state index in [1.165, 1.54) is 135 Å². The normalized spacial score (nSPS) is 13.9. The second kappa shape index (κ2) is 37.3. The summed E-state index contributed by atoms with van der Waals surface area (Å²) in [5, 5.41) is 18.3. The SMILES string of the molecule is CCCCCCCCCCCCCCCCCCC(=O)OC[C@H](COP(=O)(O)OC[C@H](O)CO)OC(=O)CCCCCCCCCCCCCC. The van der Waals surface area contributed by atoms with Crippen molar-refractivity contribution in [2.75, 3.05) is 26.4 Å². The van der Waals surface area contributed by atoms with Crippen LogP contribution < -0.4 is 0 Å². The Morgan fingerprint density at radius 3 is 1.22 bits per heavy atom. The number of aliphatic hydroxyl groups excluding tert-OH is 2. The molecule has 0 spiro atoms. The van der Waals surface area contributed by atoms with Gasteiger partial charge in [0, 0.05) is 12.8 Å². The van der Waals surface area contributed by atoms with Crippen molar-refractivity contribution in [1.29, 1.82) is 0 Å². The summed E-state index contributed by atoms with van der Waals surface area (Å²) in [4.78, 5) is 34.9. The van der Waals surface area contributed by atoms with Crippen molar-refractivity contribution >= 4 is 19.8 Å². The number of ether oxygens (including phenoxy) is 2. The van der Waals surface area contributed by atoms with E-state index in [1.54, 1.807) is 0 Å². The van der Waals surface area contributed by atoms with E-state index < -0.39 is 51.8 Å². The summed E-state index contributed by atoms with van der Waals surface area (Å²) in [7, 11) is -4.60. The Bertz CT molecular complexity index is 827. The van der Waals surface area contributed by atoms with Gasteiger partial charge in [-0.2, -0.15) is 0 Å². The van der Waals surface area contributed by atoms with Crippen LogP contribution in [0, 0.1) is 0 Å². The van der Waals surface area contributed by atoms with E-state index in [9.17, 15) is 24.2 Å². The summed E-state index contributed by atoms with van der Waals surface area (Å²) < 4.78 is 32.7. The van der Waals surface area contributed by atoms with Crippen molar-refractivity contribution in [2.45, 2.75) is 219 Å². The van der Waals surface area contributed by atoms with E-state index in [1.807, 2.05) is 0 Å². The average Bonchev–Trinajstić information content (AvgIpc) is 3.12. The molecule has 10 nitrogen and oxygen atoms in total. The molecule has 0 saturated heterocycles. The zero-order chi connectivity index (χ0) is 37.7. The Hall–Kier alpha value is -1.03. The molecule has 0 bridgehead atoms. The lowest BCUT2D eigenvalue weighted by molar-refractivity contribution is -0.161. The van der Waals surface area contributed by atoms with Crippen LogP contribution in [0.25, 0.3) is 0 Å². The van der Waals surface area contributed by atoms with E-state index >= 15 is 0 Å². The minimum atomic E-state index is -4.60. The first-order valence-corrected chi connectivity index (χ1v) is 22.5. The quantitative estimate of drug-likeness (QED) is 0.0314. The van der Waals surface area contributed by atoms with Crippen LogP contribution in [0.5, 0.6) is 0 Å². The molecule has 0 radical (unpaired) electrons. The fourth-order valence-corrected chi connectivity index (χ4v) is 6.78. The maximum absolute atomic E-state index is 12.6. The molecule has 11 heteroatoms. The standard InChI is InChI=1S/C40H79O10P/c1-3-5-7-9-11-13-15-17-18-19-20-22-23-25-27-29-31-39(43)47-35-38(36-49-51(45,46)48-34-37(42)33-41)50-40(44)32-30-28-26-24-21-16-14-12-10-8-6-4-2/h37-38,41-42H,3-36H2,1-2H3,(H,45,46)/t37-,38-/m1/s1. The third-order valence-electron chi connectivity index (χ3n) is 9.26. The first kappa shape index (κ1) is 50.0. The van der Waals surface area contributed by atoms with Crippen LogP contribution in [0.1, 0.15) is 206 Å². The summed E-state index contributed by atoms with van der Waals surface area (Å²) in [6.45, 7) is 2.40. The monoisotopic (exact) mass is 751 g/mol. The summed E-state index contributed by atoms with van der Waals surface area (Å²) >= 11 is 0. The molecule has 0 saturated carbocycles. The van der Waals surface area contributed by atoms with Gasteiger partial charge in [-0.15, -0.1) is 0 Å². The number of esters is 2. The van der Waals surface area contributed by atoms with Gasteiger partial charge in [-0.25, -0.2) is 4.57 Å². The molecule has 3 N–H and O–H groups in total. The molecular formula is C40H79O10P. The number of rotatable bonds is 40. The summed E-state index contributed by atoms with van der Waals surface area (Å²) in [6.07, 6.45) is 32.1. The molecule has 0 heterocycles. The highest BCUT2D eigenvalue weighted by molar-refractivity contribution is 7.47. The number of carbonyl (C=O) groups is 2. The van der Waals surface area contributed by atoms with Crippen LogP contribution in [0.4, 0.5) is 0 Å². The largest absolute Gasteiger partial charge is 0.472 e. The Balaban J connectivity index is 4.25. The minimum absolute atomic E-state index is 0.192. The van der Waals surface area contributed by atoms with Gasteiger partial charge >= 0.3 is 19.8 Å². The molecule has 0 aromatic carbocycles. The second-order valence-corrected chi connectivity index (χ2v) is 15.8. The van der Waals surface area contributed by atoms with Crippen LogP contribution in [0.2, 0.25) is 0 Å². The van der Waals surface area contributed by atoms with Crippen LogP contribution in [-0.4, -0.2) is 65.7 Å². The number of phosphoric ester groups is 1. The van der Waals surface area contributed by atoms with Crippen molar-refractivity contribution < 1.29 is 47.8 Å². The molecule has 0 rings (SSSR count). The molecular weight excluding hydrogens is 671 g/mol. The van der Waals surface area contributed by atoms with E-state index in [2.05, 4.69) is 18.4 Å². The van der Waals surface area contributed by atoms with E-state index in [4.69, 9.17) is 19.1 Å². The fourth-order valence-electron chi connectivity index (χ4n) is 5.99. The maximum Gasteiger partial charge on any atom is 0.472 e. The summed E-state index contributed by atoms with van der Waals surface area (Å²) in [6, 6.07) is 0. The van der Waals surface area contributed by atoms with Crippen molar-refractivity contribution in [3.05, 3.63) is 0 Å². The smallest absolute Gasteiger partial charge is 0.462 e. The van der Waals surface area contributed by atoms with Gasteiger partial charge in [0.1, 0.15) is 12.7 Å². The molecule has 3 atom stereocenters. The van der Waals surface area contributed by atoms with Gasteiger partial charge in [0.2, 0.25) is 0 Å². The number of hydrogen-bond donors (Lipinski definition) is 3. The van der Waals surface area contributed by atoms with E-state index in [0.29, 0.717) is 12.8 Å². The first-order valence-electron chi connectivity index (χ1n) is 21.0. The Morgan fingerprint density at radius 1 is 0.510 bits per heavy atom. The minimum Gasteiger partial charge on any atom is -0.462 e. The molecule has 0 aliphatic heterocycles. The Kier molecular flexibility index (Phi) is 36.5. The zero-order valence-electron chi connectivity index (χ0n) is 32.8. The van der Waals surface area contributed by atoms with Gasteiger partial charge in [-0.05, 0) is 12.8 Å². The van der Waals surface area contributed by atoms with Crippen molar-refractivity contribution in [3.63, 3.8) is 0 Å². The fraction of sp³-hybridized carbons (Fsp3) is 0.950. The third kappa shape index (κ3) is 37.1. The van der Waals surface area contributed by atoms with Gasteiger partial charge in [0.15, 0.2) is 6.10 Å². The van der Waals surface area contributed by atoms with Crippen LogP contribution >= 0.6 is 7.82 Å². The van der Waals surface area contributed by atoms with Gasteiger partial charge < -0.3 is 24.6 Å². The molecule has 0 aromatic heterocycles. The molecule has 1 unspecified atom stereocenters. The zero-order valence-corrected chi connectivity index (χ0v) is 33.7. The molecule has 0 aromatic rings. The highest BCUT2D eigenvalue weighted by Crippen LogP contribution is 2.43. The highest BCUT2D eigenvalue weighted by atomic mass is 31.2. The number of aliphatic hydroxyl groups is 2. The Labute approximate surface area is 312 Å². The maximum atomic E-state index is 12.6. The van der Waals surface area contributed by atoms with E-state index in [0.717, 1.165) is 32.1 Å². The van der Waals surface area contributed by atoms with Crippen LogP contribution in [0.15, 0.2) is 0 Å². The summed E-state index contributed by atoms with van der Waals surface area (Å²) in [5.41, 5.74) is 0. The molecule has 0 aliphatic carbocycles. The number of carbonyl (C=O) groups excluding carboxylic acids is 2. The molecule has 51 heavy (non-hydrogen) atoms. The van der Waals surface area contributed by atoms with Crippen molar-refractivity contribution in [3.8, 4) is 0 Å². The molecule has 0 amide bonds. The van der Waals surface area contributed by atoms with Gasteiger partial charge in [0.05, 0.1) is 19.8 Å². The highest BCUT2D eigenvalue weighted by Gasteiger charge is 2.27. The Morgan fingerprint density at radius 2 is 0.843 bits per heavy atom. The number of phosphoric acid groups is 1. The van der Waals surface area contributed by atoms with Crippen molar-refractivity contribution in [2.24, 2.45) is 0 Å². The van der Waals surface area contributed by atoms with Gasteiger partial charge in [0.25, 0.3) is 0 Å². The molecule has 0 fully saturated rings. The lowest BCUT2D eigenvalue weighted by Crippen LogP contribution is -2.29. The van der Waals surface area contributed by atoms with Crippen LogP contribution in [-0.2, 0) is 32.7 Å². The predicted molar refractivity (Wildman–Crippen MR) is 206 cm³/mol. The first-order chi connectivity index (χ1) is 24.7.